The Bertz CT molecular complexity index is 595. The summed E-state index contributed by atoms with van der Waals surface area (Å²) in [4.78, 5) is 0. The number of hydrogen-bond acceptors (Lipinski definition) is 0. The van der Waals surface area contributed by atoms with Gasteiger partial charge in [0.25, 0.3) is 0 Å². The molecule has 0 unspecified atom stereocenters. The van der Waals surface area contributed by atoms with Crippen LogP contribution < -0.4 is 0 Å². The minimum Gasteiger partial charge on any atom is -0.203 e. The third-order valence-corrected chi connectivity index (χ3v) is 13.0. The number of aryl methyl sites for hydroxylation is 1. The van der Waals surface area contributed by atoms with Gasteiger partial charge >= 0.3 is 0 Å². The van der Waals surface area contributed by atoms with Crippen LogP contribution in [0.2, 0.25) is 24.2 Å². The number of hydrogen-bond donors (Lipinski definition) is 0. The second-order valence-electron chi connectivity index (χ2n) is 9.41. The quantitative estimate of drug-likeness (QED) is 0.324. The Balaban J connectivity index is 1.54. The summed E-state index contributed by atoms with van der Waals surface area (Å²) in [5.41, 5.74) is 1.20. The van der Waals surface area contributed by atoms with E-state index in [0.717, 1.165) is 25.2 Å². The van der Waals surface area contributed by atoms with Crippen molar-refractivity contribution in [3.63, 3.8) is 0 Å². The van der Waals surface area contributed by atoms with Crippen LogP contribution in [-0.2, 0) is 6.42 Å². The number of unbranched alkanes of at least 4 members (excludes halogenated alkanes) is 2. The van der Waals surface area contributed by atoms with Crippen LogP contribution in [0.15, 0.2) is 12.1 Å². The van der Waals surface area contributed by atoms with Crippen molar-refractivity contribution in [3.05, 3.63) is 34.9 Å². The molecule has 0 aliphatic carbocycles. The first-order chi connectivity index (χ1) is 13.1. The molecule has 2 heterocycles. The summed E-state index contributed by atoms with van der Waals surface area (Å²) in [6.45, 7) is 4.29. The molecule has 1 aromatic rings. The molecule has 0 radical (unpaired) electrons. The lowest BCUT2D eigenvalue weighted by Gasteiger charge is -2.43. The first-order valence-corrected chi connectivity index (χ1v) is 14.4. The van der Waals surface area contributed by atoms with Crippen LogP contribution in [0.3, 0.4) is 0 Å². The second-order valence-corrected chi connectivity index (χ2v) is 14.4. The highest BCUT2D eigenvalue weighted by Crippen LogP contribution is 2.48. The minimum absolute atomic E-state index is 0.246. The monoisotopic (exact) mass is 392 g/mol. The Morgan fingerprint density at radius 3 is 2.15 bits per heavy atom. The standard InChI is InChI=1S/C24H38F2Si/c1-3-5-6-8-19-11-15-27(16-12-19)17-13-20(14-18-27)22-10-9-21(7-4-2)23(25)24(22)26/h9-10,19-20H,3-8,11-18H2,1-2H3. The van der Waals surface area contributed by atoms with E-state index < -0.39 is 19.7 Å². The van der Waals surface area contributed by atoms with Crippen molar-refractivity contribution < 1.29 is 8.78 Å². The summed E-state index contributed by atoms with van der Waals surface area (Å²) in [5.74, 6) is 0.0864. The molecule has 0 aromatic heterocycles. The largest absolute Gasteiger partial charge is 0.203 e. The van der Waals surface area contributed by atoms with Gasteiger partial charge in [-0.05, 0) is 42.2 Å². The molecule has 27 heavy (non-hydrogen) atoms. The fourth-order valence-electron chi connectivity index (χ4n) is 5.68. The molecule has 152 valence electrons. The van der Waals surface area contributed by atoms with Gasteiger partial charge in [0, 0.05) is 0 Å². The third-order valence-electron chi connectivity index (χ3n) is 7.58. The highest BCUT2D eigenvalue weighted by atomic mass is 28.3. The smallest absolute Gasteiger partial charge is 0.162 e. The van der Waals surface area contributed by atoms with Crippen LogP contribution in [0.5, 0.6) is 0 Å². The predicted molar refractivity (Wildman–Crippen MR) is 114 cm³/mol. The van der Waals surface area contributed by atoms with E-state index in [1.807, 2.05) is 19.1 Å². The Kier molecular flexibility index (Phi) is 7.53. The van der Waals surface area contributed by atoms with Gasteiger partial charge in [0.1, 0.15) is 0 Å². The molecule has 3 rings (SSSR count). The molecule has 0 bridgehead atoms. The van der Waals surface area contributed by atoms with E-state index >= 15 is 0 Å². The third kappa shape index (κ3) is 5.02. The average molecular weight is 393 g/mol. The topological polar surface area (TPSA) is 0 Å². The molecular weight excluding hydrogens is 354 g/mol. The normalized spacial score (nSPS) is 28.6. The molecule has 0 amide bonds. The van der Waals surface area contributed by atoms with Gasteiger partial charge in [-0.15, -0.1) is 0 Å². The molecule has 2 aliphatic rings. The number of halogens is 2. The van der Waals surface area contributed by atoms with Gasteiger partial charge in [-0.1, -0.05) is 95.1 Å². The molecule has 3 heteroatoms. The zero-order valence-electron chi connectivity index (χ0n) is 17.5. The maximum absolute atomic E-state index is 14.6. The van der Waals surface area contributed by atoms with Gasteiger partial charge in [0.2, 0.25) is 0 Å². The lowest BCUT2D eigenvalue weighted by Crippen LogP contribution is -2.41. The summed E-state index contributed by atoms with van der Waals surface area (Å²) in [6, 6.07) is 9.42. The van der Waals surface area contributed by atoms with E-state index in [-0.39, 0.29) is 5.92 Å². The molecular formula is C24H38F2Si. The van der Waals surface area contributed by atoms with Crippen LogP contribution in [0.25, 0.3) is 0 Å². The maximum atomic E-state index is 14.6. The van der Waals surface area contributed by atoms with Crippen molar-refractivity contribution >= 4 is 8.07 Å². The van der Waals surface area contributed by atoms with Crippen LogP contribution in [0.4, 0.5) is 8.78 Å². The van der Waals surface area contributed by atoms with Crippen molar-refractivity contribution in [2.75, 3.05) is 0 Å². The molecule has 2 aliphatic heterocycles. The van der Waals surface area contributed by atoms with Crippen LogP contribution >= 0.6 is 0 Å². The van der Waals surface area contributed by atoms with Crippen LogP contribution in [-0.4, -0.2) is 8.07 Å². The summed E-state index contributed by atoms with van der Waals surface area (Å²) < 4.78 is 29.0. The lowest BCUT2D eigenvalue weighted by molar-refractivity contribution is 0.406. The summed E-state index contributed by atoms with van der Waals surface area (Å²) in [6.07, 6.45) is 12.1. The summed E-state index contributed by atoms with van der Waals surface area (Å²) in [7, 11) is -1.10. The van der Waals surface area contributed by atoms with Gasteiger partial charge in [-0.2, -0.15) is 0 Å². The lowest BCUT2D eigenvalue weighted by atomic mass is 9.91. The van der Waals surface area contributed by atoms with Gasteiger partial charge in [-0.25, -0.2) is 8.78 Å². The zero-order valence-corrected chi connectivity index (χ0v) is 18.5. The number of benzene rings is 1. The molecule has 0 atom stereocenters. The van der Waals surface area contributed by atoms with E-state index in [1.54, 1.807) is 0 Å². The van der Waals surface area contributed by atoms with Crippen LogP contribution in [0.1, 0.15) is 88.7 Å². The number of rotatable bonds is 7. The molecule has 2 saturated heterocycles. The fourth-order valence-corrected chi connectivity index (χ4v) is 11.1. The van der Waals surface area contributed by atoms with E-state index in [4.69, 9.17) is 0 Å². The molecule has 0 saturated carbocycles. The Morgan fingerprint density at radius 1 is 0.852 bits per heavy atom. The second kappa shape index (κ2) is 9.67. The molecule has 1 spiro atoms. The van der Waals surface area contributed by atoms with Crippen molar-refractivity contribution in [2.24, 2.45) is 5.92 Å². The van der Waals surface area contributed by atoms with Crippen LogP contribution in [0, 0.1) is 17.6 Å². The van der Waals surface area contributed by atoms with Gasteiger partial charge in [0.15, 0.2) is 11.6 Å². The Labute approximate surface area is 166 Å². The van der Waals surface area contributed by atoms with E-state index in [2.05, 4.69) is 6.92 Å². The summed E-state index contributed by atoms with van der Waals surface area (Å²) in [5, 5.41) is 0. The maximum Gasteiger partial charge on any atom is 0.162 e. The Morgan fingerprint density at radius 2 is 1.52 bits per heavy atom. The minimum atomic E-state index is -1.10. The van der Waals surface area contributed by atoms with Gasteiger partial charge < -0.3 is 0 Å². The highest BCUT2D eigenvalue weighted by Gasteiger charge is 2.40. The van der Waals surface area contributed by atoms with E-state index in [9.17, 15) is 8.78 Å². The average Bonchev–Trinajstić information content (AvgIpc) is 2.69. The highest BCUT2D eigenvalue weighted by molar-refractivity contribution is 6.80. The van der Waals surface area contributed by atoms with E-state index in [1.165, 1.54) is 62.7 Å². The molecule has 0 N–H and O–H groups in total. The molecule has 1 aromatic carbocycles. The first kappa shape index (κ1) is 21.0. The SMILES string of the molecule is CCCCCC1CC[Si]2(CC1)CCC(c1ccc(CCC)c(F)c1F)CC2. The van der Waals surface area contributed by atoms with Gasteiger partial charge in [0.05, 0.1) is 8.07 Å². The molecule has 2 fully saturated rings. The Hall–Kier alpha value is -0.703. The van der Waals surface area contributed by atoms with Crippen molar-refractivity contribution in [3.8, 4) is 0 Å². The van der Waals surface area contributed by atoms with Gasteiger partial charge in [-0.3, -0.25) is 0 Å². The van der Waals surface area contributed by atoms with Crippen molar-refractivity contribution in [2.45, 2.75) is 108 Å². The first-order valence-electron chi connectivity index (χ1n) is 11.6. The van der Waals surface area contributed by atoms with E-state index in [0.29, 0.717) is 17.5 Å². The van der Waals surface area contributed by atoms with Crippen molar-refractivity contribution in [1.82, 2.24) is 0 Å². The predicted octanol–water partition coefficient (Wildman–Crippen LogP) is 8.23. The zero-order chi connectivity index (χ0) is 19.3. The van der Waals surface area contributed by atoms with Crippen molar-refractivity contribution in [1.29, 1.82) is 0 Å². The summed E-state index contributed by atoms with van der Waals surface area (Å²) >= 11 is 0. The fraction of sp³-hybridized carbons (Fsp3) is 0.750. The molecule has 0 nitrogen and oxygen atoms in total.